The van der Waals surface area contributed by atoms with E-state index >= 15 is 0 Å². The predicted molar refractivity (Wildman–Crippen MR) is 61.3 cm³/mol. The number of aromatic hydroxyl groups is 1. The average Bonchev–Trinajstić information content (AvgIpc) is 2.15. The summed E-state index contributed by atoms with van der Waals surface area (Å²) in [6.07, 6.45) is 1.70. The lowest BCUT2D eigenvalue weighted by atomic mass is 9.87. The fourth-order valence-electron chi connectivity index (χ4n) is 1.95. The van der Waals surface area contributed by atoms with Gasteiger partial charge in [0.2, 0.25) is 0 Å². The van der Waals surface area contributed by atoms with E-state index in [2.05, 4.69) is 5.32 Å². The first-order valence-corrected chi connectivity index (χ1v) is 5.42. The number of carbonyl (C=O) groups excluding carboxylic acids is 1. The maximum Gasteiger partial charge on any atom is 0.251 e. The summed E-state index contributed by atoms with van der Waals surface area (Å²) in [5.41, 5.74) is 7.04. The Labute approximate surface area is 94.5 Å². The molecule has 1 aliphatic rings. The fourth-order valence-corrected chi connectivity index (χ4v) is 1.95. The number of nitrogens with two attached hydrogens (primary N) is 1. The van der Waals surface area contributed by atoms with Crippen molar-refractivity contribution < 1.29 is 9.90 Å². The summed E-state index contributed by atoms with van der Waals surface area (Å²) in [6.45, 7) is 1.81. The van der Waals surface area contributed by atoms with Crippen molar-refractivity contribution in [3.8, 4) is 5.75 Å². The lowest BCUT2D eigenvalue weighted by Gasteiger charge is -2.33. The number of aryl methyl sites for hydroxylation is 1. The summed E-state index contributed by atoms with van der Waals surface area (Å²) < 4.78 is 0. The Morgan fingerprint density at radius 3 is 2.75 bits per heavy atom. The molecule has 16 heavy (non-hydrogen) atoms. The molecule has 0 spiro atoms. The highest BCUT2D eigenvalue weighted by Crippen LogP contribution is 2.20. The molecule has 0 aromatic heterocycles. The van der Waals surface area contributed by atoms with E-state index < -0.39 is 0 Å². The minimum absolute atomic E-state index is 0.0885. The number of hydrogen-bond acceptors (Lipinski definition) is 3. The quantitative estimate of drug-likeness (QED) is 0.693. The molecular weight excluding hydrogens is 204 g/mol. The average molecular weight is 220 g/mol. The van der Waals surface area contributed by atoms with E-state index in [1.165, 1.54) is 6.07 Å². The second-order valence-corrected chi connectivity index (χ2v) is 4.40. The van der Waals surface area contributed by atoms with Crippen molar-refractivity contribution in [2.24, 2.45) is 5.73 Å². The molecule has 1 aromatic carbocycles. The zero-order valence-corrected chi connectivity index (χ0v) is 9.23. The smallest absolute Gasteiger partial charge is 0.251 e. The number of benzene rings is 1. The van der Waals surface area contributed by atoms with Gasteiger partial charge in [-0.2, -0.15) is 0 Å². The highest BCUT2D eigenvalue weighted by Gasteiger charge is 2.27. The normalized spacial score (nSPS) is 23.6. The third kappa shape index (κ3) is 2.17. The molecule has 0 saturated heterocycles. The third-order valence-electron chi connectivity index (χ3n) is 2.96. The largest absolute Gasteiger partial charge is 0.508 e. The Hall–Kier alpha value is -1.55. The molecule has 0 atom stereocenters. The molecule has 1 amide bonds. The molecule has 0 aliphatic heterocycles. The Morgan fingerprint density at radius 1 is 1.50 bits per heavy atom. The Bertz CT molecular complexity index is 411. The van der Waals surface area contributed by atoms with Crippen LogP contribution >= 0.6 is 0 Å². The monoisotopic (exact) mass is 220 g/mol. The Balaban J connectivity index is 2.03. The number of carbonyl (C=O) groups is 1. The van der Waals surface area contributed by atoms with Crippen LogP contribution < -0.4 is 11.1 Å². The summed E-state index contributed by atoms with van der Waals surface area (Å²) in [4.78, 5) is 11.9. The van der Waals surface area contributed by atoms with Gasteiger partial charge >= 0.3 is 0 Å². The van der Waals surface area contributed by atoms with Crippen LogP contribution in [0.3, 0.4) is 0 Å². The van der Waals surface area contributed by atoms with Crippen LogP contribution in [-0.2, 0) is 0 Å². The van der Waals surface area contributed by atoms with E-state index in [9.17, 15) is 9.90 Å². The van der Waals surface area contributed by atoms with E-state index in [0.717, 1.165) is 18.4 Å². The van der Waals surface area contributed by atoms with Crippen molar-refractivity contribution >= 4 is 5.91 Å². The van der Waals surface area contributed by atoms with Crippen LogP contribution in [0.2, 0.25) is 0 Å². The first-order valence-electron chi connectivity index (χ1n) is 5.42. The molecule has 1 saturated carbocycles. The molecule has 1 aliphatic carbocycles. The molecule has 0 heterocycles. The first kappa shape index (κ1) is 11.0. The van der Waals surface area contributed by atoms with Crippen LogP contribution in [0.4, 0.5) is 0 Å². The van der Waals surface area contributed by atoms with Gasteiger partial charge < -0.3 is 16.2 Å². The molecule has 2 rings (SSSR count). The van der Waals surface area contributed by atoms with Crippen LogP contribution in [0.1, 0.15) is 28.8 Å². The van der Waals surface area contributed by atoms with Crippen molar-refractivity contribution in [2.45, 2.75) is 31.8 Å². The van der Waals surface area contributed by atoms with Gasteiger partial charge in [-0.3, -0.25) is 4.79 Å². The molecule has 4 N–H and O–H groups in total. The lowest BCUT2D eigenvalue weighted by Crippen LogP contribution is -2.50. The fraction of sp³-hybridized carbons (Fsp3) is 0.417. The van der Waals surface area contributed by atoms with Crippen LogP contribution in [0, 0.1) is 6.92 Å². The maximum absolute atomic E-state index is 11.9. The summed E-state index contributed by atoms with van der Waals surface area (Å²) in [5, 5.41) is 12.2. The van der Waals surface area contributed by atoms with Crippen LogP contribution in [0.5, 0.6) is 5.75 Å². The number of phenolic OH excluding ortho intramolecular Hbond substituents is 1. The third-order valence-corrected chi connectivity index (χ3v) is 2.96. The second-order valence-electron chi connectivity index (χ2n) is 4.40. The molecule has 0 radical (unpaired) electrons. The Kier molecular flexibility index (Phi) is 2.83. The lowest BCUT2D eigenvalue weighted by molar-refractivity contribution is 0.0909. The predicted octanol–water partition coefficient (Wildman–Crippen LogP) is 0.920. The number of hydrogen-bond donors (Lipinski definition) is 3. The van der Waals surface area contributed by atoms with Gasteiger partial charge in [0.1, 0.15) is 5.75 Å². The molecular formula is C12H16N2O2. The topological polar surface area (TPSA) is 75.3 Å². The summed E-state index contributed by atoms with van der Waals surface area (Å²) in [5.74, 6) is 0.0918. The van der Waals surface area contributed by atoms with Crippen LogP contribution in [0.15, 0.2) is 18.2 Å². The zero-order chi connectivity index (χ0) is 11.7. The summed E-state index contributed by atoms with van der Waals surface area (Å²) in [6, 6.07) is 5.18. The highest BCUT2D eigenvalue weighted by atomic mass is 16.3. The van der Waals surface area contributed by atoms with E-state index in [-0.39, 0.29) is 23.7 Å². The molecule has 1 aromatic rings. The van der Waals surface area contributed by atoms with Crippen molar-refractivity contribution in [3.05, 3.63) is 29.3 Å². The van der Waals surface area contributed by atoms with Crippen LogP contribution in [-0.4, -0.2) is 23.1 Å². The van der Waals surface area contributed by atoms with Gasteiger partial charge in [-0.15, -0.1) is 0 Å². The van der Waals surface area contributed by atoms with Gasteiger partial charge in [-0.05, 0) is 43.5 Å². The molecule has 0 bridgehead atoms. The van der Waals surface area contributed by atoms with Gasteiger partial charge in [-0.1, -0.05) is 0 Å². The van der Waals surface area contributed by atoms with E-state index in [4.69, 9.17) is 5.73 Å². The van der Waals surface area contributed by atoms with E-state index in [1.807, 2.05) is 0 Å². The molecule has 86 valence electrons. The second kappa shape index (κ2) is 4.14. The first-order chi connectivity index (χ1) is 7.56. The number of amides is 1. The van der Waals surface area contributed by atoms with Gasteiger partial charge in [0.25, 0.3) is 5.91 Å². The number of phenols is 1. The standard InChI is InChI=1S/C12H16N2O2/c1-7-4-10(15)2-3-11(7)12(16)14-9-5-8(13)6-9/h2-4,8-9,15H,5-6,13H2,1H3,(H,14,16). The van der Waals surface area contributed by atoms with Gasteiger partial charge in [0, 0.05) is 17.6 Å². The van der Waals surface area contributed by atoms with E-state index in [0.29, 0.717) is 5.56 Å². The van der Waals surface area contributed by atoms with Crippen molar-refractivity contribution in [2.75, 3.05) is 0 Å². The van der Waals surface area contributed by atoms with Crippen molar-refractivity contribution in [1.82, 2.24) is 5.32 Å². The maximum atomic E-state index is 11.9. The minimum Gasteiger partial charge on any atom is -0.508 e. The summed E-state index contributed by atoms with van der Waals surface area (Å²) >= 11 is 0. The molecule has 4 heteroatoms. The zero-order valence-electron chi connectivity index (χ0n) is 9.23. The summed E-state index contributed by atoms with van der Waals surface area (Å²) in [7, 11) is 0. The van der Waals surface area contributed by atoms with Gasteiger partial charge in [0.15, 0.2) is 0 Å². The molecule has 1 fully saturated rings. The van der Waals surface area contributed by atoms with Crippen LogP contribution in [0.25, 0.3) is 0 Å². The SMILES string of the molecule is Cc1cc(O)ccc1C(=O)NC1CC(N)C1. The molecule has 4 nitrogen and oxygen atoms in total. The van der Waals surface area contributed by atoms with E-state index in [1.54, 1.807) is 19.1 Å². The molecule has 0 unspecified atom stereocenters. The minimum atomic E-state index is -0.0885. The number of nitrogens with one attached hydrogen (secondary N) is 1. The Morgan fingerprint density at radius 2 is 2.19 bits per heavy atom. The highest BCUT2D eigenvalue weighted by molar-refractivity contribution is 5.96. The van der Waals surface area contributed by atoms with Crippen molar-refractivity contribution in [3.63, 3.8) is 0 Å². The van der Waals surface area contributed by atoms with Crippen molar-refractivity contribution in [1.29, 1.82) is 0 Å². The van der Waals surface area contributed by atoms with Gasteiger partial charge in [-0.25, -0.2) is 0 Å². The van der Waals surface area contributed by atoms with Gasteiger partial charge in [0.05, 0.1) is 0 Å². The number of rotatable bonds is 2.